The van der Waals surface area contributed by atoms with Crippen molar-refractivity contribution in [2.75, 3.05) is 11.2 Å². The van der Waals surface area contributed by atoms with Crippen molar-refractivity contribution >= 4 is 42.4 Å². The van der Waals surface area contributed by atoms with E-state index >= 15 is 0 Å². The maximum absolute atomic E-state index is 14.2. The molecule has 0 bridgehead atoms. The number of carbonyl (C=O) groups excluding carboxylic acids is 1. The fourth-order valence-corrected chi connectivity index (χ4v) is 4.57. The van der Waals surface area contributed by atoms with Gasteiger partial charge in [0.15, 0.2) is 20.8 Å². The van der Waals surface area contributed by atoms with Crippen LogP contribution < -0.4 is 4.90 Å². The highest BCUT2D eigenvalue weighted by Crippen LogP contribution is 2.32. The van der Waals surface area contributed by atoms with Gasteiger partial charge in [-0.2, -0.15) is 0 Å². The van der Waals surface area contributed by atoms with Crippen molar-refractivity contribution in [2.24, 2.45) is 0 Å². The van der Waals surface area contributed by atoms with Crippen LogP contribution >= 0.6 is 11.3 Å². The molecule has 0 saturated heterocycles. The zero-order valence-corrected chi connectivity index (χ0v) is 17.8. The summed E-state index contributed by atoms with van der Waals surface area (Å²) in [5.74, 6) is -2.04. The second-order valence-electron chi connectivity index (χ2n) is 6.74. The highest BCUT2D eigenvalue weighted by Gasteiger charge is 2.24. The van der Waals surface area contributed by atoms with Gasteiger partial charge in [-0.05, 0) is 42.5 Å². The highest BCUT2D eigenvalue weighted by molar-refractivity contribution is 7.90. The minimum atomic E-state index is -3.41. The second kappa shape index (κ2) is 8.12. The number of carbonyl (C=O) groups is 1. The van der Waals surface area contributed by atoms with E-state index in [2.05, 4.69) is 9.97 Å². The zero-order valence-electron chi connectivity index (χ0n) is 16.1. The molecular formula is C21H15F2N3O3S2. The van der Waals surface area contributed by atoms with Gasteiger partial charge in [0, 0.05) is 24.1 Å². The van der Waals surface area contributed by atoms with E-state index < -0.39 is 27.4 Å². The Kier molecular flexibility index (Phi) is 5.50. The van der Waals surface area contributed by atoms with Gasteiger partial charge >= 0.3 is 0 Å². The molecule has 4 rings (SSSR count). The molecule has 2 aromatic carbocycles. The number of thiazole rings is 1. The number of nitrogens with zero attached hydrogens (tertiary/aromatic N) is 3. The van der Waals surface area contributed by atoms with Crippen molar-refractivity contribution in [1.29, 1.82) is 0 Å². The number of pyridine rings is 1. The maximum Gasteiger partial charge on any atom is 0.260 e. The summed E-state index contributed by atoms with van der Waals surface area (Å²) < 4.78 is 51.4. The molecule has 0 spiro atoms. The van der Waals surface area contributed by atoms with E-state index in [4.69, 9.17) is 0 Å². The number of halogens is 2. The number of hydrogen-bond donors (Lipinski definition) is 0. The largest absolute Gasteiger partial charge is 0.278 e. The standard InChI is InChI=1S/C21H15F2N3O3S2/c1-31(28,29)16-7-5-13(6-8-16)20(27)26(12-15-4-2-3-9-24-15)21-25-19-17(23)10-14(22)11-18(19)30-21/h2-11H,12H2,1H3. The number of fused-ring (bicyclic) bond motifs is 1. The smallest absolute Gasteiger partial charge is 0.260 e. The Labute approximate surface area is 180 Å². The lowest BCUT2D eigenvalue weighted by molar-refractivity contribution is 0.0984. The van der Waals surface area contributed by atoms with E-state index in [1.807, 2.05) is 0 Å². The number of anilines is 1. The number of rotatable bonds is 5. The van der Waals surface area contributed by atoms with Crippen LogP contribution in [0.3, 0.4) is 0 Å². The fraction of sp³-hybridized carbons (Fsp3) is 0.0952. The van der Waals surface area contributed by atoms with Crippen LogP contribution in [0.15, 0.2) is 65.7 Å². The number of hydrogen-bond acceptors (Lipinski definition) is 6. The normalized spacial score (nSPS) is 11.6. The summed E-state index contributed by atoms with van der Waals surface area (Å²) in [6, 6.07) is 12.6. The molecule has 0 saturated carbocycles. The SMILES string of the molecule is CS(=O)(=O)c1ccc(C(=O)N(Cc2ccccn2)c2nc3c(F)cc(F)cc3s2)cc1. The van der Waals surface area contributed by atoms with Crippen molar-refractivity contribution in [3.05, 3.63) is 83.7 Å². The molecule has 2 heterocycles. The van der Waals surface area contributed by atoms with Crippen molar-refractivity contribution in [3.8, 4) is 0 Å². The Morgan fingerprint density at radius 1 is 1.10 bits per heavy atom. The molecule has 1 amide bonds. The minimum Gasteiger partial charge on any atom is -0.278 e. The maximum atomic E-state index is 14.2. The van der Waals surface area contributed by atoms with E-state index in [9.17, 15) is 22.0 Å². The molecule has 0 aliphatic heterocycles. The van der Waals surface area contributed by atoms with Crippen molar-refractivity contribution < 1.29 is 22.0 Å². The molecule has 0 aliphatic rings. The lowest BCUT2D eigenvalue weighted by Gasteiger charge is -2.19. The number of amides is 1. The van der Waals surface area contributed by atoms with Crippen LogP contribution in [0.4, 0.5) is 13.9 Å². The molecule has 31 heavy (non-hydrogen) atoms. The van der Waals surface area contributed by atoms with E-state index in [1.165, 1.54) is 29.2 Å². The van der Waals surface area contributed by atoms with Gasteiger partial charge in [-0.15, -0.1) is 0 Å². The van der Waals surface area contributed by atoms with Gasteiger partial charge in [-0.25, -0.2) is 22.2 Å². The van der Waals surface area contributed by atoms with Crippen LogP contribution in [0.25, 0.3) is 10.2 Å². The first-order chi connectivity index (χ1) is 14.7. The molecule has 4 aromatic rings. The van der Waals surface area contributed by atoms with Gasteiger partial charge in [0.05, 0.1) is 21.8 Å². The van der Waals surface area contributed by atoms with E-state index in [0.717, 1.165) is 29.7 Å². The van der Waals surface area contributed by atoms with Crippen LogP contribution in [0.2, 0.25) is 0 Å². The molecule has 0 atom stereocenters. The molecule has 0 fully saturated rings. The third kappa shape index (κ3) is 4.44. The van der Waals surface area contributed by atoms with Gasteiger partial charge in [0.1, 0.15) is 11.3 Å². The molecule has 0 unspecified atom stereocenters. The van der Waals surface area contributed by atoms with Gasteiger partial charge in [0.2, 0.25) is 0 Å². The van der Waals surface area contributed by atoms with Gasteiger partial charge in [-0.3, -0.25) is 14.7 Å². The first-order valence-corrected chi connectivity index (χ1v) is 11.7. The minimum absolute atomic E-state index is 0.0346. The predicted octanol–water partition coefficient (Wildman–Crippen LogP) is 4.22. The third-order valence-corrected chi connectivity index (χ3v) is 6.61. The first-order valence-electron chi connectivity index (χ1n) is 9.00. The van der Waals surface area contributed by atoms with E-state index in [1.54, 1.807) is 24.4 Å². The molecule has 6 nitrogen and oxygen atoms in total. The molecule has 10 heteroatoms. The monoisotopic (exact) mass is 459 g/mol. The lowest BCUT2D eigenvalue weighted by Crippen LogP contribution is -2.30. The Hall–Kier alpha value is -3.24. The molecule has 0 radical (unpaired) electrons. The van der Waals surface area contributed by atoms with Crippen molar-refractivity contribution in [1.82, 2.24) is 9.97 Å². The topological polar surface area (TPSA) is 80.2 Å². The summed E-state index contributed by atoms with van der Waals surface area (Å²) in [7, 11) is -3.41. The summed E-state index contributed by atoms with van der Waals surface area (Å²) in [5, 5.41) is 0.169. The van der Waals surface area contributed by atoms with Gasteiger partial charge in [-0.1, -0.05) is 17.4 Å². The fourth-order valence-electron chi connectivity index (χ4n) is 2.94. The summed E-state index contributed by atoms with van der Waals surface area (Å²) >= 11 is 0.974. The second-order valence-corrected chi connectivity index (χ2v) is 9.76. The molecule has 158 valence electrons. The summed E-state index contributed by atoms with van der Waals surface area (Å²) in [4.78, 5) is 23.1. The van der Waals surface area contributed by atoms with Crippen LogP contribution in [-0.2, 0) is 16.4 Å². The molecule has 2 aromatic heterocycles. The Morgan fingerprint density at radius 3 is 2.48 bits per heavy atom. The van der Waals surface area contributed by atoms with Crippen molar-refractivity contribution in [2.45, 2.75) is 11.4 Å². The van der Waals surface area contributed by atoms with E-state index in [0.29, 0.717) is 5.69 Å². The number of sulfone groups is 1. The lowest BCUT2D eigenvalue weighted by atomic mass is 10.2. The summed E-state index contributed by atoms with van der Waals surface area (Å²) in [6.07, 6.45) is 2.65. The van der Waals surface area contributed by atoms with Crippen LogP contribution in [0, 0.1) is 11.6 Å². The van der Waals surface area contributed by atoms with Crippen LogP contribution in [0.5, 0.6) is 0 Å². The average Bonchev–Trinajstić information content (AvgIpc) is 3.16. The number of benzene rings is 2. The predicted molar refractivity (Wildman–Crippen MR) is 114 cm³/mol. The van der Waals surface area contributed by atoms with Crippen molar-refractivity contribution in [3.63, 3.8) is 0 Å². The van der Waals surface area contributed by atoms with Gasteiger partial charge < -0.3 is 0 Å². The van der Waals surface area contributed by atoms with Gasteiger partial charge in [0.25, 0.3) is 5.91 Å². The Morgan fingerprint density at radius 2 is 1.84 bits per heavy atom. The summed E-state index contributed by atoms with van der Waals surface area (Å²) in [5.41, 5.74) is 0.747. The third-order valence-electron chi connectivity index (χ3n) is 4.45. The Balaban J connectivity index is 1.77. The average molecular weight is 459 g/mol. The number of aromatic nitrogens is 2. The summed E-state index contributed by atoms with van der Waals surface area (Å²) in [6.45, 7) is 0.0391. The first kappa shape index (κ1) is 21.0. The van der Waals surface area contributed by atoms with Crippen LogP contribution in [0.1, 0.15) is 16.1 Å². The van der Waals surface area contributed by atoms with Crippen LogP contribution in [-0.4, -0.2) is 30.5 Å². The van der Waals surface area contributed by atoms with E-state index in [-0.39, 0.29) is 32.4 Å². The quantitative estimate of drug-likeness (QED) is 0.446. The molecular weight excluding hydrogens is 444 g/mol. The highest BCUT2D eigenvalue weighted by atomic mass is 32.2. The Bertz CT molecular complexity index is 1370. The molecule has 0 aliphatic carbocycles. The molecule has 0 N–H and O–H groups in total. The zero-order chi connectivity index (χ0) is 22.2.